The molecule has 2 saturated heterocycles. The fourth-order valence-electron chi connectivity index (χ4n) is 4.01. The van der Waals surface area contributed by atoms with Crippen LogP contribution >= 0.6 is 0 Å². The summed E-state index contributed by atoms with van der Waals surface area (Å²) in [6.07, 6.45) is 2.05. The first-order chi connectivity index (χ1) is 11.4. The van der Waals surface area contributed by atoms with Crippen molar-refractivity contribution in [3.63, 3.8) is 0 Å². The van der Waals surface area contributed by atoms with Crippen LogP contribution in [0, 0.1) is 11.3 Å². The molecule has 2 aliphatic rings. The normalized spacial score (nSPS) is 20.5. The van der Waals surface area contributed by atoms with E-state index in [1.165, 1.54) is 11.3 Å². The molecule has 0 bridgehead atoms. The predicted molar refractivity (Wildman–Crippen MR) is 99.1 cm³/mol. The number of hydrogen-bond acceptors (Lipinski definition) is 3. The van der Waals surface area contributed by atoms with Crippen molar-refractivity contribution in [3.8, 4) is 0 Å². The van der Waals surface area contributed by atoms with Crippen molar-refractivity contribution in [2.75, 3.05) is 45.2 Å². The quantitative estimate of drug-likeness (QED) is 0.777. The number of likely N-dealkylation sites (tertiary alicyclic amines) is 2. The van der Waals surface area contributed by atoms with Gasteiger partial charge in [0, 0.05) is 39.4 Å². The Hall–Kier alpha value is -1.55. The molecule has 4 heteroatoms. The van der Waals surface area contributed by atoms with Gasteiger partial charge in [0.05, 0.1) is 5.41 Å². The van der Waals surface area contributed by atoms with Gasteiger partial charge in [0.1, 0.15) is 0 Å². The predicted octanol–water partition coefficient (Wildman–Crippen LogP) is 2.83. The molecular formula is C20H31N3O. The third kappa shape index (κ3) is 3.44. The summed E-state index contributed by atoms with van der Waals surface area (Å²) in [5.74, 6) is 0.975. The molecule has 0 aromatic heterocycles. The van der Waals surface area contributed by atoms with Gasteiger partial charge in [-0.05, 0) is 49.5 Å². The van der Waals surface area contributed by atoms with Gasteiger partial charge in [-0.2, -0.15) is 0 Å². The number of nitrogens with zero attached hydrogens (tertiary/aromatic N) is 3. The van der Waals surface area contributed by atoms with Gasteiger partial charge in [-0.25, -0.2) is 0 Å². The van der Waals surface area contributed by atoms with E-state index in [0.29, 0.717) is 11.8 Å². The van der Waals surface area contributed by atoms with Gasteiger partial charge >= 0.3 is 0 Å². The van der Waals surface area contributed by atoms with Crippen molar-refractivity contribution in [2.45, 2.75) is 33.2 Å². The molecule has 24 heavy (non-hydrogen) atoms. The Bertz CT molecular complexity index is 571. The maximum Gasteiger partial charge on any atom is 0.230 e. The monoisotopic (exact) mass is 329 g/mol. The lowest BCUT2D eigenvalue weighted by molar-refractivity contribution is -0.166. The minimum absolute atomic E-state index is 0.0276. The smallest absolute Gasteiger partial charge is 0.230 e. The molecule has 0 radical (unpaired) electrons. The number of benzene rings is 1. The van der Waals surface area contributed by atoms with Gasteiger partial charge in [0.25, 0.3) is 0 Å². The van der Waals surface area contributed by atoms with E-state index in [9.17, 15) is 4.79 Å². The van der Waals surface area contributed by atoms with Crippen LogP contribution in [0.4, 0.5) is 5.69 Å². The van der Waals surface area contributed by atoms with Crippen LogP contribution in [0.25, 0.3) is 0 Å². The summed E-state index contributed by atoms with van der Waals surface area (Å²) in [5.41, 5.74) is 2.57. The lowest BCUT2D eigenvalue weighted by atomic mass is 9.70. The molecule has 2 aliphatic heterocycles. The summed E-state index contributed by atoms with van der Waals surface area (Å²) >= 11 is 0. The number of piperidine rings is 1. The van der Waals surface area contributed by atoms with E-state index in [0.717, 1.165) is 45.6 Å². The van der Waals surface area contributed by atoms with E-state index in [2.05, 4.69) is 66.9 Å². The summed E-state index contributed by atoms with van der Waals surface area (Å²) in [6.45, 7) is 9.34. The third-order valence-electron chi connectivity index (χ3n) is 5.49. The van der Waals surface area contributed by atoms with Crippen LogP contribution in [0.1, 0.15) is 32.3 Å². The average Bonchev–Trinajstić information content (AvgIpc) is 2.56. The fourth-order valence-corrected chi connectivity index (χ4v) is 4.01. The van der Waals surface area contributed by atoms with Crippen molar-refractivity contribution in [3.05, 3.63) is 29.8 Å². The molecule has 0 unspecified atom stereocenters. The highest BCUT2D eigenvalue weighted by Crippen LogP contribution is 2.42. The second-order valence-electron chi connectivity index (χ2n) is 8.20. The van der Waals surface area contributed by atoms with Gasteiger partial charge in [-0.1, -0.05) is 26.0 Å². The minimum atomic E-state index is -0.0276. The Morgan fingerprint density at radius 1 is 1.12 bits per heavy atom. The van der Waals surface area contributed by atoms with Gasteiger partial charge in [0.15, 0.2) is 0 Å². The molecule has 2 fully saturated rings. The lowest BCUT2D eigenvalue weighted by Crippen LogP contribution is -2.65. The number of anilines is 1. The van der Waals surface area contributed by atoms with E-state index < -0.39 is 0 Å². The van der Waals surface area contributed by atoms with E-state index in [1.54, 1.807) is 0 Å². The summed E-state index contributed by atoms with van der Waals surface area (Å²) in [6, 6.07) is 8.80. The van der Waals surface area contributed by atoms with Crippen LogP contribution in [-0.2, 0) is 11.3 Å². The summed E-state index contributed by atoms with van der Waals surface area (Å²) in [7, 11) is 4.13. The molecule has 1 aromatic carbocycles. The second-order valence-corrected chi connectivity index (χ2v) is 8.20. The van der Waals surface area contributed by atoms with Gasteiger partial charge in [-0.3, -0.25) is 9.69 Å². The van der Waals surface area contributed by atoms with Crippen LogP contribution in [-0.4, -0.2) is 56.0 Å². The molecule has 1 spiro atoms. The van der Waals surface area contributed by atoms with Crippen molar-refractivity contribution in [1.29, 1.82) is 0 Å². The van der Waals surface area contributed by atoms with Crippen molar-refractivity contribution < 1.29 is 4.79 Å². The number of carbonyl (C=O) groups is 1. The average molecular weight is 329 g/mol. The van der Waals surface area contributed by atoms with E-state index in [4.69, 9.17) is 0 Å². The highest BCUT2D eigenvalue weighted by atomic mass is 16.2. The first-order valence-corrected chi connectivity index (χ1v) is 9.18. The van der Waals surface area contributed by atoms with Crippen LogP contribution < -0.4 is 4.90 Å². The zero-order valence-electron chi connectivity index (χ0n) is 15.6. The molecule has 132 valence electrons. The minimum Gasteiger partial charge on any atom is -0.378 e. The van der Waals surface area contributed by atoms with Crippen LogP contribution in [0.5, 0.6) is 0 Å². The first-order valence-electron chi connectivity index (χ1n) is 9.18. The van der Waals surface area contributed by atoms with Gasteiger partial charge < -0.3 is 9.80 Å². The molecule has 3 rings (SSSR count). The molecule has 0 N–H and O–H groups in total. The third-order valence-corrected chi connectivity index (χ3v) is 5.49. The SMILES string of the molecule is CC(C)CN1CC2(CCN(Cc3ccc(N(C)C)cc3)CC2)C1=O. The van der Waals surface area contributed by atoms with E-state index in [-0.39, 0.29) is 5.41 Å². The molecule has 0 saturated carbocycles. The number of carbonyl (C=O) groups excluding carboxylic acids is 1. The largest absolute Gasteiger partial charge is 0.378 e. The standard InChI is InChI=1S/C20H31N3O/c1-16(2)13-23-15-20(19(23)24)9-11-22(12-10-20)14-17-5-7-18(8-6-17)21(3)4/h5-8,16H,9-15H2,1-4H3. The fraction of sp³-hybridized carbons (Fsp3) is 0.650. The molecule has 2 heterocycles. The summed E-state index contributed by atoms with van der Waals surface area (Å²) in [5, 5.41) is 0. The van der Waals surface area contributed by atoms with Crippen molar-refractivity contribution in [2.24, 2.45) is 11.3 Å². The maximum atomic E-state index is 12.5. The summed E-state index contributed by atoms with van der Waals surface area (Å²) < 4.78 is 0. The van der Waals surface area contributed by atoms with Crippen LogP contribution in [0.3, 0.4) is 0 Å². The second kappa shape index (κ2) is 6.75. The Balaban J connectivity index is 1.50. The van der Waals surface area contributed by atoms with Crippen LogP contribution in [0.2, 0.25) is 0 Å². The Kier molecular flexibility index (Phi) is 4.86. The molecule has 1 amide bonds. The lowest BCUT2D eigenvalue weighted by Gasteiger charge is -2.53. The van der Waals surface area contributed by atoms with Crippen molar-refractivity contribution in [1.82, 2.24) is 9.80 Å². The highest BCUT2D eigenvalue weighted by molar-refractivity contribution is 5.89. The Morgan fingerprint density at radius 2 is 1.75 bits per heavy atom. The Morgan fingerprint density at radius 3 is 2.25 bits per heavy atom. The first kappa shape index (κ1) is 17.3. The van der Waals surface area contributed by atoms with Gasteiger partial charge in [-0.15, -0.1) is 0 Å². The zero-order valence-corrected chi connectivity index (χ0v) is 15.6. The number of amides is 1. The summed E-state index contributed by atoms with van der Waals surface area (Å²) in [4.78, 5) is 19.2. The molecular weight excluding hydrogens is 298 g/mol. The number of hydrogen-bond donors (Lipinski definition) is 0. The number of rotatable bonds is 5. The highest BCUT2D eigenvalue weighted by Gasteiger charge is 2.52. The maximum absolute atomic E-state index is 12.5. The molecule has 0 atom stereocenters. The Labute approximate surface area is 146 Å². The molecule has 0 aliphatic carbocycles. The number of β-lactam (4-membered cyclic amide) rings is 1. The zero-order chi connectivity index (χ0) is 17.3. The van der Waals surface area contributed by atoms with Crippen LogP contribution in [0.15, 0.2) is 24.3 Å². The van der Waals surface area contributed by atoms with E-state index in [1.807, 2.05) is 0 Å². The molecule has 4 nitrogen and oxygen atoms in total. The van der Waals surface area contributed by atoms with Gasteiger partial charge in [0.2, 0.25) is 5.91 Å². The topological polar surface area (TPSA) is 26.8 Å². The van der Waals surface area contributed by atoms with Crippen molar-refractivity contribution >= 4 is 11.6 Å². The molecule has 1 aromatic rings. The van der Waals surface area contributed by atoms with E-state index >= 15 is 0 Å².